The van der Waals surface area contributed by atoms with Gasteiger partial charge in [-0.1, -0.05) is 6.58 Å². The predicted octanol–water partition coefficient (Wildman–Crippen LogP) is 4.03. The Morgan fingerprint density at radius 3 is 2.85 bits per heavy atom. The summed E-state index contributed by atoms with van der Waals surface area (Å²) in [5, 5.41) is 7.17. The van der Waals surface area contributed by atoms with Crippen LogP contribution in [0.2, 0.25) is 0 Å². The van der Waals surface area contributed by atoms with Crippen LogP contribution in [0.1, 0.15) is 12.0 Å². The van der Waals surface area contributed by atoms with Gasteiger partial charge in [0.15, 0.2) is 17.3 Å². The van der Waals surface area contributed by atoms with E-state index in [-0.39, 0.29) is 23.7 Å². The zero-order chi connectivity index (χ0) is 27.4. The number of pyridine rings is 2. The molecule has 40 heavy (non-hydrogen) atoms. The summed E-state index contributed by atoms with van der Waals surface area (Å²) < 4.78 is 23.1. The van der Waals surface area contributed by atoms with Crippen LogP contribution < -0.4 is 15.0 Å². The summed E-state index contributed by atoms with van der Waals surface area (Å²) in [5.74, 6) is 1.57. The molecule has 0 aliphatic carbocycles. The van der Waals surface area contributed by atoms with Gasteiger partial charge in [-0.15, -0.1) is 0 Å². The lowest BCUT2D eigenvalue weighted by Crippen LogP contribution is -2.48. The first-order valence-corrected chi connectivity index (χ1v) is 12.8. The van der Waals surface area contributed by atoms with Crippen molar-refractivity contribution in [2.24, 2.45) is 0 Å². The Balaban J connectivity index is 1.15. The van der Waals surface area contributed by atoms with E-state index < -0.39 is 5.82 Å². The van der Waals surface area contributed by atoms with Gasteiger partial charge in [0.1, 0.15) is 35.5 Å². The van der Waals surface area contributed by atoms with Crippen molar-refractivity contribution in [3.63, 3.8) is 0 Å². The number of amides is 1. The van der Waals surface area contributed by atoms with Crippen molar-refractivity contribution in [3.05, 3.63) is 79.3 Å². The zero-order valence-corrected chi connectivity index (χ0v) is 21.5. The number of carbonyl (C=O) groups excluding carboxylic acids is 1. The van der Waals surface area contributed by atoms with Crippen LogP contribution in [0.5, 0.6) is 11.5 Å². The molecular weight excluding hydrogens is 513 g/mol. The van der Waals surface area contributed by atoms with Crippen molar-refractivity contribution in [2.75, 3.05) is 23.3 Å². The van der Waals surface area contributed by atoms with E-state index in [4.69, 9.17) is 9.72 Å². The number of halogens is 1. The van der Waals surface area contributed by atoms with Crippen molar-refractivity contribution < 1.29 is 13.9 Å². The normalized spacial score (nSPS) is 18.1. The third kappa shape index (κ3) is 3.96. The largest absolute Gasteiger partial charge is 0.457 e. The second kappa shape index (κ2) is 9.26. The first kappa shape index (κ1) is 23.9. The highest BCUT2D eigenvalue weighted by Crippen LogP contribution is 2.36. The number of carbonyl (C=O) groups is 1. The highest BCUT2D eigenvalue weighted by molar-refractivity contribution is 5.89. The summed E-state index contributed by atoms with van der Waals surface area (Å²) >= 11 is 0. The molecular formula is C28H24FN9O2. The Hall–Kier alpha value is -5.13. The second-order valence-electron chi connectivity index (χ2n) is 9.85. The van der Waals surface area contributed by atoms with Gasteiger partial charge in [0.25, 0.3) is 0 Å². The summed E-state index contributed by atoms with van der Waals surface area (Å²) in [7, 11) is 0. The molecule has 2 fully saturated rings. The average Bonchev–Trinajstić information content (AvgIpc) is 3.72. The molecule has 12 heteroatoms. The fraction of sp³-hybridized carbons (Fsp3) is 0.214. The maximum absolute atomic E-state index is 15.5. The van der Waals surface area contributed by atoms with Gasteiger partial charge in [-0.3, -0.25) is 4.79 Å². The molecule has 1 amide bonds. The number of nitrogens with one attached hydrogen (secondary N) is 1. The fourth-order valence-corrected chi connectivity index (χ4v) is 5.51. The van der Waals surface area contributed by atoms with E-state index in [9.17, 15) is 4.79 Å². The maximum atomic E-state index is 15.5. The smallest absolute Gasteiger partial charge is 0.246 e. The number of nitrogens with zero attached hydrogens (tertiary/aromatic N) is 8. The molecule has 0 radical (unpaired) electrons. The minimum Gasteiger partial charge on any atom is -0.457 e. The third-order valence-corrected chi connectivity index (χ3v) is 7.53. The predicted molar refractivity (Wildman–Crippen MR) is 146 cm³/mol. The lowest BCUT2D eigenvalue weighted by Gasteiger charge is -2.34. The minimum absolute atomic E-state index is 0.0383. The zero-order valence-electron chi connectivity index (χ0n) is 21.5. The number of anilines is 3. The first-order valence-electron chi connectivity index (χ1n) is 12.8. The summed E-state index contributed by atoms with van der Waals surface area (Å²) in [6.45, 7) is 6.60. The third-order valence-electron chi connectivity index (χ3n) is 7.53. The SMILES string of the molecule is C=CC(=O)N1CC2C[C@H]1CN2c1ccc2ncnc(Nc3ccc(Oc4ccn5ncnc5c4)c(C)c3F)c2n1. The summed E-state index contributed by atoms with van der Waals surface area (Å²) in [6.07, 6.45) is 6.86. The van der Waals surface area contributed by atoms with Gasteiger partial charge in [-0.2, -0.15) is 5.10 Å². The van der Waals surface area contributed by atoms with Gasteiger partial charge >= 0.3 is 0 Å². The number of hydrogen-bond donors (Lipinski definition) is 1. The van der Waals surface area contributed by atoms with E-state index in [0.29, 0.717) is 52.7 Å². The molecule has 11 nitrogen and oxygen atoms in total. The molecule has 4 aromatic heterocycles. The van der Waals surface area contributed by atoms with E-state index in [0.717, 1.165) is 12.2 Å². The Morgan fingerprint density at radius 2 is 2.02 bits per heavy atom. The van der Waals surface area contributed by atoms with Gasteiger partial charge < -0.3 is 19.9 Å². The van der Waals surface area contributed by atoms with Crippen LogP contribution in [0.15, 0.2) is 67.9 Å². The molecule has 6 heterocycles. The van der Waals surface area contributed by atoms with Crippen molar-refractivity contribution in [1.29, 1.82) is 0 Å². The van der Waals surface area contributed by atoms with Gasteiger partial charge in [-0.25, -0.2) is 28.8 Å². The topological polar surface area (TPSA) is 114 Å². The lowest BCUT2D eigenvalue weighted by atomic mass is 10.1. The maximum Gasteiger partial charge on any atom is 0.246 e. The van der Waals surface area contributed by atoms with Crippen LogP contribution in [-0.4, -0.2) is 65.5 Å². The molecule has 2 atom stereocenters. The van der Waals surface area contributed by atoms with Gasteiger partial charge in [0.2, 0.25) is 5.91 Å². The van der Waals surface area contributed by atoms with Crippen LogP contribution in [0.3, 0.4) is 0 Å². The van der Waals surface area contributed by atoms with Crippen molar-refractivity contribution >= 4 is 39.9 Å². The second-order valence-corrected chi connectivity index (χ2v) is 9.85. The fourth-order valence-electron chi connectivity index (χ4n) is 5.51. The van der Waals surface area contributed by atoms with Crippen molar-refractivity contribution in [3.8, 4) is 11.5 Å². The van der Waals surface area contributed by atoms with Crippen LogP contribution in [0.4, 0.5) is 21.7 Å². The van der Waals surface area contributed by atoms with Gasteiger partial charge in [0.05, 0.1) is 23.3 Å². The van der Waals surface area contributed by atoms with Crippen LogP contribution in [-0.2, 0) is 4.79 Å². The molecule has 1 unspecified atom stereocenters. The number of benzene rings is 1. The molecule has 2 bridgehead atoms. The molecule has 2 aliphatic heterocycles. The monoisotopic (exact) mass is 537 g/mol. The Morgan fingerprint density at radius 1 is 1.12 bits per heavy atom. The lowest BCUT2D eigenvalue weighted by molar-refractivity contribution is -0.127. The molecule has 7 rings (SSSR count). The molecule has 5 aromatic rings. The average molecular weight is 538 g/mol. The van der Waals surface area contributed by atoms with E-state index in [1.165, 1.54) is 18.7 Å². The molecule has 1 N–H and O–H groups in total. The number of rotatable bonds is 6. The molecule has 0 spiro atoms. The van der Waals surface area contributed by atoms with Gasteiger partial charge in [0, 0.05) is 30.9 Å². The van der Waals surface area contributed by atoms with Crippen LogP contribution >= 0.6 is 0 Å². The van der Waals surface area contributed by atoms with E-state index in [2.05, 4.69) is 36.8 Å². The standard InChI is InChI=1S/C28H24FN9O2/c1-3-25(39)37-13-17-10-18(37)12-36(17)23-7-5-21-27(35-23)28(32-14-30-21)34-20-4-6-22(16(2)26(20)29)40-19-8-9-38-24(11-19)31-15-33-38/h3-9,11,14-15,17-18H,1,10,12-13H2,2H3,(H,30,32,34)/t17?,18-/m0/s1. The van der Waals surface area contributed by atoms with E-state index in [1.807, 2.05) is 17.0 Å². The number of ether oxygens (including phenoxy) is 1. The molecule has 0 saturated carbocycles. The van der Waals surface area contributed by atoms with Crippen molar-refractivity contribution in [2.45, 2.75) is 25.4 Å². The summed E-state index contributed by atoms with van der Waals surface area (Å²) in [4.78, 5) is 34.0. The molecule has 1 aromatic carbocycles. The summed E-state index contributed by atoms with van der Waals surface area (Å²) in [6, 6.07) is 10.9. The number of hydrogen-bond acceptors (Lipinski definition) is 9. The number of likely N-dealkylation sites (tertiary alicyclic amines) is 1. The number of fused-ring (bicyclic) bond motifs is 4. The highest BCUT2D eigenvalue weighted by Gasteiger charge is 2.45. The van der Waals surface area contributed by atoms with E-state index >= 15 is 4.39 Å². The molecule has 2 saturated heterocycles. The Kier molecular flexibility index (Phi) is 5.54. The molecule has 200 valence electrons. The van der Waals surface area contributed by atoms with Crippen molar-refractivity contribution in [1.82, 2.24) is 34.4 Å². The van der Waals surface area contributed by atoms with Crippen LogP contribution in [0, 0.1) is 12.7 Å². The quantitative estimate of drug-likeness (QED) is 0.321. The van der Waals surface area contributed by atoms with Gasteiger partial charge in [-0.05, 0) is 49.8 Å². The Labute approximate surface area is 228 Å². The molecule has 2 aliphatic rings. The highest BCUT2D eigenvalue weighted by atomic mass is 19.1. The van der Waals surface area contributed by atoms with Crippen LogP contribution in [0.25, 0.3) is 16.7 Å². The Bertz CT molecular complexity index is 1810. The summed E-state index contributed by atoms with van der Waals surface area (Å²) in [5.41, 5.74) is 2.37. The number of aromatic nitrogens is 6. The van der Waals surface area contributed by atoms with E-state index in [1.54, 1.807) is 41.9 Å². The minimum atomic E-state index is -0.465. The number of piperazine rings is 1. The first-order chi connectivity index (χ1) is 19.5.